The van der Waals surface area contributed by atoms with Crippen molar-refractivity contribution in [3.8, 4) is 5.75 Å². The Balaban J connectivity index is 2.80. The van der Waals surface area contributed by atoms with Gasteiger partial charge in [-0.05, 0) is 24.6 Å². The molecule has 0 bridgehead atoms. The van der Waals surface area contributed by atoms with E-state index >= 15 is 0 Å². The lowest BCUT2D eigenvalue weighted by molar-refractivity contribution is -0.145. The zero-order chi connectivity index (χ0) is 12.1. The van der Waals surface area contributed by atoms with E-state index in [1.165, 1.54) is 13.8 Å². The van der Waals surface area contributed by atoms with Crippen LogP contribution in [0.3, 0.4) is 0 Å². The molecule has 0 saturated carbocycles. The summed E-state index contributed by atoms with van der Waals surface area (Å²) in [6.07, 6.45) is -0.354. The monoisotopic (exact) mass is 222 g/mol. The number of carbonyl (C=O) groups is 2. The first-order valence-corrected chi connectivity index (χ1v) is 4.94. The highest BCUT2D eigenvalue weighted by atomic mass is 16.5. The van der Waals surface area contributed by atoms with Gasteiger partial charge in [-0.3, -0.25) is 9.59 Å². The van der Waals surface area contributed by atoms with Crippen LogP contribution in [0.2, 0.25) is 0 Å². The third kappa shape index (κ3) is 3.73. The van der Waals surface area contributed by atoms with Crippen LogP contribution in [0.4, 0.5) is 0 Å². The van der Waals surface area contributed by atoms with Gasteiger partial charge in [-0.2, -0.15) is 0 Å². The van der Waals surface area contributed by atoms with Gasteiger partial charge in [0.25, 0.3) is 0 Å². The first kappa shape index (κ1) is 12.2. The minimum atomic E-state index is -0.378. The van der Waals surface area contributed by atoms with Crippen molar-refractivity contribution in [1.29, 1.82) is 0 Å². The predicted octanol–water partition coefficient (Wildman–Crippen LogP) is 2.24. The van der Waals surface area contributed by atoms with E-state index in [4.69, 9.17) is 9.47 Å². The van der Waals surface area contributed by atoms with Gasteiger partial charge < -0.3 is 9.47 Å². The maximum Gasteiger partial charge on any atom is 0.308 e. The molecule has 0 N–H and O–H groups in total. The Morgan fingerprint density at radius 2 is 1.88 bits per heavy atom. The summed E-state index contributed by atoms with van der Waals surface area (Å²) in [6.45, 7) is 4.45. The maximum atomic E-state index is 10.8. The summed E-state index contributed by atoms with van der Waals surface area (Å²) >= 11 is 0. The van der Waals surface area contributed by atoms with Gasteiger partial charge in [0.1, 0.15) is 11.9 Å². The molecule has 1 aromatic rings. The molecule has 1 aromatic carbocycles. The molecular weight excluding hydrogens is 208 g/mol. The maximum absolute atomic E-state index is 10.8. The molecule has 0 saturated heterocycles. The molecule has 1 unspecified atom stereocenters. The zero-order valence-electron chi connectivity index (χ0n) is 9.52. The Morgan fingerprint density at radius 1 is 1.19 bits per heavy atom. The summed E-state index contributed by atoms with van der Waals surface area (Å²) in [7, 11) is 0. The molecular formula is C12H14O4. The van der Waals surface area contributed by atoms with Crippen LogP contribution >= 0.6 is 0 Å². The van der Waals surface area contributed by atoms with Gasteiger partial charge >= 0.3 is 11.9 Å². The third-order valence-electron chi connectivity index (χ3n) is 1.93. The van der Waals surface area contributed by atoms with Crippen LogP contribution < -0.4 is 4.74 Å². The standard InChI is InChI=1S/C12H14O4/c1-8(15-9(2)13)11-5-4-6-12(7-11)16-10(3)14/h4-8H,1-3H3. The molecule has 0 aliphatic heterocycles. The molecule has 0 fully saturated rings. The van der Waals surface area contributed by atoms with Gasteiger partial charge in [0.05, 0.1) is 0 Å². The van der Waals surface area contributed by atoms with E-state index in [2.05, 4.69) is 0 Å². The van der Waals surface area contributed by atoms with E-state index in [0.717, 1.165) is 5.56 Å². The highest BCUT2D eigenvalue weighted by Gasteiger charge is 2.09. The number of esters is 2. The Labute approximate surface area is 94.2 Å². The Kier molecular flexibility index (Phi) is 4.05. The quantitative estimate of drug-likeness (QED) is 0.581. The Hall–Kier alpha value is -1.84. The molecule has 0 heterocycles. The van der Waals surface area contributed by atoms with Crippen LogP contribution in [-0.2, 0) is 14.3 Å². The fraction of sp³-hybridized carbons (Fsp3) is 0.333. The van der Waals surface area contributed by atoms with Crippen molar-refractivity contribution in [2.45, 2.75) is 26.9 Å². The summed E-state index contributed by atoms with van der Waals surface area (Å²) < 4.78 is 9.95. The second kappa shape index (κ2) is 5.30. The highest BCUT2D eigenvalue weighted by Crippen LogP contribution is 2.21. The number of benzene rings is 1. The largest absolute Gasteiger partial charge is 0.458 e. The van der Waals surface area contributed by atoms with Crippen LogP contribution in [0.5, 0.6) is 5.75 Å². The summed E-state index contributed by atoms with van der Waals surface area (Å²) in [4.78, 5) is 21.5. The van der Waals surface area contributed by atoms with E-state index < -0.39 is 0 Å². The lowest BCUT2D eigenvalue weighted by atomic mass is 10.1. The van der Waals surface area contributed by atoms with Gasteiger partial charge in [-0.25, -0.2) is 0 Å². The number of hydrogen-bond donors (Lipinski definition) is 0. The summed E-state index contributed by atoms with van der Waals surface area (Å²) in [6, 6.07) is 6.90. The fourth-order valence-corrected chi connectivity index (χ4v) is 1.31. The van der Waals surface area contributed by atoms with Crippen molar-refractivity contribution in [1.82, 2.24) is 0 Å². The van der Waals surface area contributed by atoms with Crippen LogP contribution in [0, 0.1) is 0 Å². The molecule has 4 nitrogen and oxygen atoms in total. The number of carbonyl (C=O) groups excluding carboxylic acids is 2. The lowest BCUT2D eigenvalue weighted by Gasteiger charge is -2.12. The normalized spacial score (nSPS) is 11.7. The third-order valence-corrected chi connectivity index (χ3v) is 1.93. The summed E-state index contributed by atoms with van der Waals surface area (Å²) in [5, 5.41) is 0. The Morgan fingerprint density at radius 3 is 2.44 bits per heavy atom. The van der Waals surface area contributed by atoms with Crippen LogP contribution in [0.1, 0.15) is 32.4 Å². The summed E-state index contributed by atoms with van der Waals surface area (Å²) in [5.41, 5.74) is 0.786. The molecule has 0 amide bonds. The van der Waals surface area contributed by atoms with Crippen molar-refractivity contribution in [3.05, 3.63) is 29.8 Å². The van der Waals surface area contributed by atoms with E-state index in [-0.39, 0.29) is 18.0 Å². The van der Waals surface area contributed by atoms with E-state index in [1.54, 1.807) is 31.2 Å². The zero-order valence-corrected chi connectivity index (χ0v) is 9.52. The molecule has 0 aromatic heterocycles. The predicted molar refractivity (Wildman–Crippen MR) is 57.9 cm³/mol. The van der Waals surface area contributed by atoms with E-state index in [9.17, 15) is 9.59 Å². The molecule has 0 aliphatic carbocycles. The first-order valence-electron chi connectivity index (χ1n) is 4.94. The smallest absolute Gasteiger partial charge is 0.308 e. The molecule has 1 rings (SSSR count). The minimum Gasteiger partial charge on any atom is -0.458 e. The van der Waals surface area contributed by atoms with E-state index in [0.29, 0.717) is 5.75 Å². The SMILES string of the molecule is CC(=O)Oc1cccc(C(C)OC(C)=O)c1. The second-order valence-electron chi connectivity index (χ2n) is 3.42. The molecule has 86 valence electrons. The number of rotatable bonds is 3. The molecule has 1 atom stereocenters. The lowest BCUT2D eigenvalue weighted by Crippen LogP contribution is -2.06. The van der Waals surface area contributed by atoms with E-state index in [1.807, 2.05) is 0 Å². The van der Waals surface area contributed by atoms with Crippen molar-refractivity contribution in [3.63, 3.8) is 0 Å². The van der Waals surface area contributed by atoms with Gasteiger partial charge in [-0.1, -0.05) is 12.1 Å². The molecule has 4 heteroatoms. The second-order valence-corrected chi connectivity index (χ2v) is 3.42. The highest BCUT2D eigenvalue weighted by molar-refractivity contribution is 5.69. The number of hydrogen-bond acceptors (Lipinski definition) is 4. The van der Waals surface area contributed by atoms with Gasteiger partial charge in [0.15, 0.2) is 0 Å². The minimum absolute atomic E-state index is 0.342. The van der Waals surface area contributed by atoms with Crippen molar-refractivity contribution in [2.24, 2.45) is 0 Å². The van der Waals surface area contributed by atoms with Crippen molar-refractivity contribution < 1.29 is 19.1 Å². The average molecular weight is 222 g/mol. The first-order chi connectivity index (χ1) is 7.49. The van der Waals surface area contributed by atoms with Crippen molar-refractivity contribution in [2.75, 3.05) is 0 Å². The topological polar surface area (TPSA) is 52.6 Å². The molecule has 0 radical (unpaired) electrons. The van der Waals surface area contributed by atoms with Gasteiger partial charge in [0, 0.05) is 13.8 Å². The van der Waals surface area contributed by atoms with Crippen LogP contribution in [0.15, 0.2) is 24.3 Å². The number of ether oxygens (including phenoxy) is 2. The molecule has 0 aliphatic rings. The van der Waals surface area contributed by atoms with Gasteiger partial charge in [-0.15, -0.1) is 0 Å². The Bertz CT molecular complexity index is 398. The average Bonchev–Trinajstić information content (AvgIpc) is 2.16. The fourth-order valence-electron chi connectivity index (χ4n) is 1.31. The molecule has 16 heavy (non-hydrogen) atoms. The molecule has 0 spiro atoms. The van der Waals surface area contributed by atoms with Gasteiger partial charge in [0.2, 0.25) is 0 Å². The summed E-state index contributed by atoms with van der Waals surface area (Å²) in [5.74, 6) is -0.272. The van der Waals surface area contributed by atoms with Crippen LogP contribution in [-0.4, -0.2) is 11.9 Å². The van der Waals surface area contributed by atoms with Crippen LogP contribution in [0.25, 0.3) is 0 Å². The van der Waals surface area contributed by atoms with Crippen molar-refractivity contribution >= 4 is 11.9 Å².